The molecule has 0 saturated carbocycles. The number of anilines is 1. The minimum atomic E-state index is 0.482. The second kappa shape index (κ2) is 3.75. The Bertz CT molecular complexity index is 624. The number of benzene rings is 1. The van der Waals surface area contributed by atoms with Crippen molar-refractivity contribution < 1.29 is 0 Å². The van der Waals surface area contributed by atoms with Crippen LogP contribution in [0.5, 0.6) is 0 Å². The first-order valence-electron chi connectivity index (χ1n) is 5.11. The average Bonchev–Trinajstić information content (AvgIpc) is 2.98. The van der Waals surface area contributed by atoms with Crippen molar-refractivity contribution in [3.05, 3.63) is 42.9 Å². The lowest BCUT2D eigenvalue weighted by Crippen LogP contribution is -1.97. The fraction of sp³-hybridized carbons (Fsp3) is 0. The largest absolute Gasteiger partial charge is 0.383 e. The van der Waals surface area contributed by atoms with Gasteiger partial charge in [-0.1, -0.05) is 18.2 Å². The van der Waals surface area contributed by atoms with Crippen LogP contribution in [0.3, 0.4) is 0 Å². The number of nitrogens with two attached hydrogens (primary N) is 1. The Kier molecular flexibility index (Phi) is 2.11. The van der Waals surface area contributed by atoms with Gasteiger partial charge in [0.1, 0.15) is 12.1 Å². The monoisotopic (exact) mass is 226 g/mol. The van der Waals surface area contributed by atoms with E-state index in [2.05, 4.69) is 20.4 Å². The Hall–Kier alpha value is -2.63. The third-order valence-electron chi connectivity index (χ3n) is 2.49. The van der Waals surface area contributed by atoms with E-state index in [-0.39, 0.29) is 0 Å². The zero-order valence-electron chi connectivity index (χ0n) is 8.91. The maximum absolute atomic E-state index is 5.78. The first kappa shape index (κ1) is 9.59. The third-order valence-corrected chi connectivity index (χ3v) is 2.49. The molecule has 0 aliphatic carbocycles. The van der Waals surface area contributed by atoms with Crippen LogP contribution >= 0.6 is 0 Å². The number of nitrogens with one attached hydrogen (secondary N) is 1. The molecule has 0 spiro atoms. The lowest BCUT2D eigenvalue weighted by Gasteiger charge is -2.04. The van der Waals surface area contributed by atoms with E-state index in [1.807, 2.05) is 34.9 Å². The molecule has 2 aromatic heterocycles. The van der Waals surface area contributed by atoms with Crippen molar-refractivity contribution in [2.45, 2.75) is 0 Å². The summed E-state index contributed by atoms with van der Waals surface area (Å²) in [5.41, 5.74) is 7.50. The number of para-hydroxylation sites is 1. The number of aromatic amines is 1. The summed E-state index contributed by atoms with van der Waals surface area (Å²) in [6, 6.07) is 9.82. The molecular weight excluding hydrogens is 216 g/mol. The van der Waals surface area contributed by atoms with E-state index < -0.39 is 0 Å². The Morgan fingerprint density at radius 1 is 1.18 bits per heavy atom. The lowest BCUT2D eigenvalue weighted by atomic mass is 10.2. The maximum Gasteiger partial charge on any atom is 0.173 e. The van der Waals surface area contributed by atoms with Crippen molar-refractivity contribution in [2.24, 2.45) is 0 Å². The van der Waals surface area contributed by atoms with Crippen LogP contribution in [0, 0.1) is 0 Å². The molecule has 0 fully saturated rings. The number of hydrogen-bond acceptors (Lipinski definition) is 4. The Morgan fingerprint density at radius 2 is 2.00 bits per heavy atom. The Labute approximate surface area is 97.1 Å². The predicted octanol–water partition coefficient (Wildman–Crippen LogP) is 1.24. The van der Waals surface area contributed by atoms with Gasteiger partial charge in [0.25, 0.3) is 0 Å². The maximum atomic E-state index is 5.78. The third kappa shape index (κ3) is 1.55. The molecule has 0 saturated heterocycles. The van der Waals surface area contributed by atoms with Crippen LogP contribution in [0.4, 0.5) is 5.82 Å². The Morgan fingerprint density at radius 3 is 2.71 bits per heavy atom. The SMILES string of the molecule is Nc1[nH]ncc1-c1nncn1-c1ccccc1. The fourth-order valence-corrected chi connectivity index (χ4v) is 1.67. The van der Waals surface area contributed by atoms with Crippen molar-refractivity contribution in [1.82, 2.24) is 25.0 Å². The van der Waals surface area contributed by atoms with Crippen molar-refractivity contribution in [2.75, 3.05) is 5.73 Å². The lowest BCUT2D eigenvalue weighted by molar-refractivity contribution is 1.06. The molecule has 0 bridgehead atoms. The summed E-state index contributed by atoms with van der Waals surface area (Å²) in [6.07, 6.45) is 3.29. The summed E-state index contributed by atoms with van der Waals surface area (Å²) < 4.78 is 1.86. The average molecular weight is 226 g/mol. The van der Waals surface area contributed by atoms with Crippen LogP contribution in [0.2, 0.25) is 0 Å². The summed E-state index contributed by atoms with van der Waals surface area (Å²) in [5.74, 6) is 1.15. The molecule has 6 nitrogen and oxygen atoms in total. The highest BCUT2D eigenvalue weighted by atomic mass is 15.3. The van der Waals surface area contributed by atoms with Gasteiger partial charge in [-0.05, 0) is 12.1 Å². The van der Waals surface area contributed by atoms with E-state index in [0.717, 1.165) is 11.3 Å². The number of nitrogens with zero attached hydrogens (tertiary/aromatic N) is 4. The van der Waals surface area contributed by atoms with Crippen LogP contribution in [-0.2, 0) is 0 Å². The molecule has 3 aromatic rings. The standard InChI is InChI=1S/C11H10N6/c12-10-9(6-13-15-10)11-16-14-7-17(11)8-4-2-1-3-5-8/h1-7H,(H3,12,13,15). The molecule has 0 atom stereocenters. The van der Waals surface area contributed by atoms with Crippen LogP contribution < -0.4 is 5.73 Å². The first-order valence-corrected chi connectivity index (χ1v) is 5.11. The Balaban J connectivity index is 2.16. The van der Waals surface area contributed by atoms with Gasteiger partial charge in [0.2, 0.25) is 0 Å². The molecule has 0 amide bonds. The van der Waals surface area contributed by atoms with E-state index >= 15 is 0 Å². The van der Waals surface area contributed by atoms with Gasteiger partial charge in [0.05, 0.1) is 11.8 Å². The summed E-state index contributed by atoms with van der Waals surface area (Å²) in [4.78, 5) is 0. The van der Waals surface area contributed by atoms with E-state index in [1.165, 1.54) is 0 Å². The van der Waals surface area contributed by atoms with Crippen LogP contribution in [0.25, 0.3) is 17.1 Å². The molecule has 0 radical (unpaired) electrons. The van der Waals surface area contributed by atoms with Gasteiger partial charge in [-0.2, -0.15) is 5.10 Å². The summed E-state index contributed by atoms with van der Waals surface area (Å²) >= 11 is 0. The second-order valence-electron chi connectivity index (χ2n) is 3.56. The van der Waals surface area contributed by atoms with E-state index in [1.54, 1.807) is 12.5 Å². The minimum Gasteiger partial charge on any atom is -0.383 e. The molecular formula is C11H10N6. The van der Waals surface area contributed by atoms with Gasteiger partial charge in [-0.3, -0.25) is 9.67 Å². The highest BCUT2D eigenvalue weighted by molar-refractivity contribution is 5.68. The van der Waals surface area contributed by atoms with E-state index in [9.17, 15) is 0 Å². The predicted molar refractivity (Wildman–Crippen MR) is 63.4 cm³/mol. The van der Waals surface area contributed by atoms with Gasteiger partial charge in [0, 0.05) is 5.69 Å². The molecule has 3 rings (SSSR count). The van der Waals surface area contributed by atoms with Gasteiger partial charge in [0.15, 0.2) is 5.82 Å². The number of hydrogen-bond donors (Lipinski definition) is 2. The van der Waals surface area contributed by atoms with Crippen molar-refractivity contribution in [1.29, 1.82) is 0 Å². The fourth-order valence-electron chi connectivity index (χ4n) is 1.67. The van der Waals surface area contributed by atoms with Crippen LogP contribution in [0.1, 0.15) is 0 Å². The summed E-state index contributed by atoms with van der Waals surface area (Å²) in [7, 11) is 0. The van der Waals surface area contributed by atoms with Gasteiger partial charge >= 0.3 is 0 Å². The van der Waals surface area contributed by atoms with Gasteiger partial charge < -0.3 is 5.73 Å². The van der Waals surface area contributed by atoms with E-state index in [0.29, 0.717) is 11.6 Å². The van der Waals surface area contributed by atoms with Crippen molar-refractivity contribution in [3.63, 3.8) is 0 Å². The number of aromatic nitrogens is 5. The molecule has 17 heavy (non-hydrogen) atoms. The van der Waals surface area contributed by atoms with Gasteiger partial charge in [-0.25, -0.2) is 0 Å². The first-order chi connectivity index (χ1) is 8.36. The summed E-state index contributed by atoms with van der Waals surface area (Å²) in [5, 5.41) is 14.5. The molecule has 0 aliphatic rings. The molecule has 3 N–H and O–H groups in total. The van der Waals surface area contributed by atoms with Crippen LogP contribution in [0.15, 0.2) is 42.9 Å². The number of H-pyrrole nitrogens is 1. The minimum absolute atomic E-state index is 0.482. The number of nitrogen functional groups attached to an aromatic ring is 1. The molecule has 84 valence electrons. The van der Waals surface area contributed by atoms with Crippen molar-refractivity contribution in [3.8, 4) is 17.1 Å². The quantitative estimate of drug-likeness (QED) is 0.688. The molecule has 6 heteroatoms. The smallest absolute Gasteiger partial charge is 0.173 e. The molecule has 2 heterocycles. The normalized spacial score (nSPS) is 10.6. The molecule has 1 aromatic carbocycles. The van der Waals surface area contributed by atoms with Crippen molar-refractivity contribution >= 4 is 5.82 Å². The zero-order valence-corrected chi connectivity index (χ0v) is 8.91. The topological polar surface area (TPSA) is 85.4 Å². The highest BCUT2D eigenvalue weighted by Gasteiger charge is 2.12. The second-order valence-corrected chi connectivity index (χ2v) is 3.56. The zero-order chi connectivity index (χ0) is 11.7. The highest BCUT2D eigenvalue weighted by Crippen LogP contribution is 2.23. The van der Waals surface area contributed by atoms with E-state index in [4.69, 9.17) is 5.73 Å². The summed E-state index contributed by atoms with van der Waals surface area (Å²) in [6.45, 7) is 0. The van der Waals surface area contributed by atoms with Crippen LogP contribution in [-0.4, -0.2) is 25.0 Å². The molecule has 0 unspecified atom stereocenters. The molecule has 0 aliphatic heterocycles. The number of rotatable bonds is 2. The van der Waals surface area contributed by atoms with Gasteiger partial charge in [-0.15, -0.1) is 10.2 Å².